The summed E-state index contributed by atoms with van der Waals surface area (Å²) < 4.78 is 1.76. The van der Waals surface area contributed by atoms with Gasteiger partial charge in [-0.1, -0.05) is 18.9 Å². The first kappa shape index (κ1) is 20.5. The van der Waals surface area contributed by atoms with Crippen molar-refractivity contribution < 1.29 is 4.79 Å². The summed E-state index contributed by atoms with van der Waals surface area (Å²) in [5.74, 6) is 1.02. The van der Waals surface area contributed by atoms with Crippen molar-refractivity contribution in [1.29, 1.82) is 0 Å². The van der Waals surface area contributed by atoms with E-state index in [0.29, 0.717) is 5.69 Å². The first-order valence-electron chi connectivity index (χ1n) is 11.3. The second-order valence-electron chi connectivity index (χ2n) is 8.56. The van der Waals surface area contributed by atoms with Crippen LogP contribution in [-0.2, 0) is 13.6 Å². The van der Waals surface area contributed by atoms with Gasteiger partial charge in [0.1, 0.15) is 5.82 Å². The number of rotatable bonds is 4. The van der Waals surface area contributed by atoms with Crippen molar-refractivity contribution in [3.63, 3.8) is 0 Å². The number of hydrogen-bond donors (Lipinski definition) is 0. The van der Waals surface area contributed by atoms with Gasteiger partial charge in [0.2, 0.25) is 0 Å². The monoisotopic (exact) mass is 438 g/mol. The second kappa shape index (κ2) is 8.96. The van der Waals surface area contributed by atoms with Gasteiger partial charge in [0, 0.05) is 57.7 Å². The Kier molecular flexibility index (Phi) is 5.91. The number of aryl methyl sites for hydroxylation is 1. The maximum Gasteiger partial charge on any atom is 0.275 e. The van der Waals surface area contributed by atoms with Crippen molar-refractivity contribution in [1.82, 2.24) is 24.6 Å². The zero-order chi connectivity index (χ0) is 21.2. The Balaban J connectivity index is 1.30. The Morgan fingerprint density at radius 3 is 2.48 bits per heavy atom. The molecule has 0 saturated carbocycles. The number of fused-ring (bicyclic) bond motifs is 1. The first-order valence-corrected chi connectivity index (χ1v) is 12.2. The molecule has 0 aliphatic carbocycles. The number of carbonyl (C=O) groups is 1. The molecule has 0 unspecified atom stereocenters. The van der Waals surface area contributed by atoms with Crippen molar-refractivity contribution in [2.45, 2.75) is 32.2 Å². The van der Waals surface area contributed by atoms with Crippen LogP contribution in [0, 0.1) is 0 Å². The predicted octanol–water partition coefficient (Wildman–Crippen LogP) is 3.37. The molecular weight excluding hydrogens is 408 g/mol. The second-order valence-corrected chi connectivity index (χ2v) is 9.59. The summed E-state index contributed by atoms with van der Waals surface area (Å²) in [5.41, 5.74) is 1.32. The lowest BCUT2D eigenvalue weighted by Gasteiger charge is -2.34. The number of anilines is 1. The van der Waals surface area contributed by atoms with Gasteiger partial charge < -0.3 is 9.80 Å². The van der Waals surface area contributed by atoms with Crippen LogP contribution in [0.4, 0.5) is 5.82 Å². The molecule has 2 saturated heterocycles. The maximum absolute atomic E-state index is 13.3. The molecule has 2 aliphatic rings. The number of aromatic nitrogens is 3. The van der Waals surface area contributed by atoms with Crippen LogP contribution in [0.25, 0.3) is 11.0 Å². The number of nitrogens with zero attached hydrogens (tertiary/aromatic N) is 6. The van der Waals surface area contributed by atoms with Gasteiger partial charge in [0.05, 0.1) is 5.39 Å². The highest BCUT2D eigenvalue weighted by atomic mass is 32.1. The molecule has 5 rings (SSSR count). The lowest BCUT2D eigenvalue weighted by atomic mass is 10.2. The standard InChI is InChI=1S/C23H30N6OS/c1-26-22-19(8-9-20(24-22)28-10-4-2-3-5-11-28)21(25-26)23(30)29-14-12-27(13-15-29)17-18-7-6-16-31-18/h6-9,16H,2-5,10-15,17H2,1H3. The quantitative estimate of drug-likeness (QED) is 0.625. The van der Waals surface area contributed by atoms with Gasteiger partial charge in [-0.3, -0.25) is 9.69 Å². The molecule has 3 aromatic rings. The Bertz CT molecular complexity index is 1030. The minimum absolute atomic E-state index is 0.0192. The largest absolute Gasteiger partial charge is 0.357 e. The molecule has 164 valence electrons. The molecular formula is C23H30N6OS. The SMILES string of the molecule is Cn1nc(C(=O)N2CCN(Cc3cccs3)CC2)c2ccc(N3CCCCCC3)nc21. The van der Waals surface area contributed by atoms with Crippen molar-refractivity contribution >= 4 is 34.1 Å². The molecule has 2 fully saturated rings. The number of carbonyl (C=O) groups excluding carboxylic acids is 1. The molecule has 0 bridgehead atoms. The number of pyridine rings is 1. The van der Waals surface area contributed by atoms with E-state index < -0.39 is 0 Å². The third-order valence-electron chi connectivity index (χ3n) is 6.42. The van der Waals surface area contributed by atoms with Gasteiger partial charge in [0.15, 0.2) is 11.3 Å². The molecule has 3 aromatic heterocycles. The van der Waals surface area contributed by atoms with Gasteiger partial charge in [-0.15, -0.1) is 11.3 Å². The van der Waals surface area contributed by atoms with Crippen LogP contribution in [0.1, 0.15) is 41.0 Å². The van der Waals surface area contributed by atoms with Crippen LogP contribution >= 0.6 is 11.3 Å². The predicted molar refractivity (Wildman–Crippen MR) is 125 cm³/mol. The van der Waals surface area contributed by atoms with Crippen molar-refractivity contribution in [2.24, 2.45) is 7.05 Å². The molecule has 5 heterocycles. The van der Waals surface area contributed by atoms with Crippen molar-refractivity contribution in [3.8, 4) is 0 Å². The highest BCUT2D eigenvalue weighted by Crippen LogP contribution is 2.24. The molecule has 0 radical (unpaired) electrons. The van der Waals surface area contributed by atoms with E-state index in [4.69, 9.17) is 4.98 Å². The smallest absolute Gasteiger partial charge is 0.275 e. The van der Waals surface area contributed by atoms with Crippen LogP contribution in [0.3, 0.4) is 0 Å². The van der Waals surface area contributed by atoms with E-state index in [9.17, 15) is 4.79 Å². The summed E-state index contributed by atoms with van der Waals surface area (Å²) in [6.45, 7) is 6.34. The first-order chi connectivity index (χ1) is 15.2. The van der Waals surface area contributed by atoms with Gasteiger partial charge in [-0.25, -0.2) is 9.67 Å². The summed E-state index contributed by atoms with van der Waals surface area (Å²) in [6.07, 6.45) is 5.02. The van der Waals surface area contributed by atoms with Crippen LogP contribution in [0.15, 0.2) is 29.6 Å². The molecule has 0 aromatic carbocycles. The number of hydrogen-bond acceptors (Lipinski definition) is 6. The Morgan fingerprint density at radius 2 is 1.77 bits per heavy atom. The van der Waals surface area contributed by atoms with Crippen LogP contribution in [-0.4, -0.2) is 69.7 Å². The van der Waals surface area contributed by atoms with E-state index in [1.165, 1.54) is 30.6 Å². The number of thiophene rings is 1. The van der Waals surface area contributed by atoms with E-state index >= 15 is 0 Å². The van der Waals surface area contributed by atoms with Gasteiger partial charge in [0.25, 0.3) is 5.91 Å². The lowest BCUT2D eigenvalue weighted by Crippen LogP contribution is -2.48. The summed E-state index contributed by atoms with van der Waals surface area (Å²) in [7, 11) is 1.89. The molecule has 0 N–H and O–H groups in total. The highest BCUT2D eigenvalue weighted by molar-refractivity contribution is 7.09. The fourth-order valence-corrected chi connectivity index (χ4v) is 5.38. The van der Waals surface area contributed by atoms with Crippen LogP contribution in [0.5, 0.6) is 0 Å². The van der Waals surface area contributed by atoms with Crippen molar-refractivity contribution in [2.75, 3.05) is 44.2 Å². The summed E-state index contributed by atoms with van der Waals surface area (Å²) in [6, 6.07) is 8.37. The summed E-state index contributed by atoms with van der Waals surface area (Å²) in [5, 5.41) is 7.55. The third kappa shape index (κ3) is 4.32. The number of piperazine rings is 1. The average Bonchev–Trinajstić information content (AvgIpc) is 3.32. The van der Waals surface area contributed by atoms with Crippen molar-refractivity contribution in [3.05, 3.63) is 40.2 Å². The minimum atomic E-state index is 0.0192. The van der Waals surface area contributed by atoms with Gasteiger partial charge in [-0.2, -0.15) is 5.10 Å². The minimum Gasteiger partial charge on any atom is -0.357 e. The Labute approximate surface area is 187 Å². The normalized spacial score (nSPS) is 18.5. The molecule has 8 heteroatoms. The zero-order valence-corrected chi connectivity index (χ0v) is 19.0. The van der Waals surface area contributed by atoms with E-state index in [0.717, 1.165) is 62.7 Å². The van der Waals surface area contributed by atoms with E-state index in [1.54, 1.807) is 16.0 Å². The average molecular weight is 439 g/mol. The Hall–Kier alpha value is -2.45. The number of amides is 1. The fraction of sp³-hybridized carbons (Fsp3) is 0.522. The highest BCUT2D eigenvalue weighted by Gasteiger charge is 2.27. The zero-order valence-electron chi connectivity index (χ0n) is 18.2. The van der Waals surface area contributed by atoms with E-state index in [2.05, 4.69) is 38.5 Å². The van der Waals surface area contributed by atoms with E-state index in [-0.39, 0.29) is 5.91 Å². The maximum atomic E-state index is 13.3. The molecule has 2 aliphatic heterocycles. The van der Waals surface area contributed by atoms with Crippen LogP contribution in [0.2, 0.25) is 0 Å². The molecule has 0 spiro atoms. The van der Waals surface area contributed by atoms with Gasteiger partial charge >= 0.3 is 0 Å². The summed E-state index contributed by atoms with van der Waals surface area (Å²) >= 11 is 1.79. The Morgan fingerprint density at radius 1 is 1.00 bits per heavy atom. The fourth-order valence-electron chi connectivity index (χ4n) is 4.64. The molecule has 1 amide bonds. The third-order valence-corrected chi connectivity index (χ3v) is 7.28. The molecule has 31 heavy (non-hydrogen) atoms. The molecule has 0 atom stereocenters. The van der Waals surface area contributed by atoms with E-state index in [1.807, 2.05) is 18.0 Å². The summed E-state index contributed by atoms with van der Waals surface area (Å²) in [4.78, 5) is 26.3. The molecule has 7 nitrogen and oxygen atoms in total. The lowest BCUT2D eigenvalue weighted by molar-refractivity contribution is 0.0625. The van der Waals surface area contributed by atoms with Gasteiger partial charge in [-0.05, 0) is 36.4 Å². The topological polar surface area (TPSA) is 57.5 Å². The van der Waals surface area contributed by atoms with Crippen LogP contribution < -0.4 is 4.90 Å².